The van der Waals surface area contributed by atoms with Gasteiger partial charge in [0.05, 0.1) is 16.9 Å². The van der Waals surface area contributed by atoms with Crippen molar-refractivity contribution in [1.82, 2.24) is 0 Å². The molecule has 0 unspecified atom stereocenters. The van der Waals surface area contributed by atoms with Gasteiger partial charge in [-0.1, -0.05) is 12.1 Å². The van der Waals surface area contributed by atoms with Crippen molar-refractivity contribution in [2.75, 3.05) is 16.8 Å². The summed E-state index contributed by atoms with van der Waals surface area (Å²) >= 11 is 0. The molecule has 0 fully saturated rings. The first-order valence-electron chi connectivity index (χ1n) is 8.65. The Morgan fingerprint density at radius 1 is 1.10 bits per heavy atom. The highest BCUT2D eigenvalue weighted by molar-refractivity contribution is 6.14. The minimum atomic E-state index is -2.97. The maximum absolute atomic E-state index is 12.8. The number of carbonyl (C=O) groups excluding carboxylic acids is 3. The highest BCUT2D eigenvalue weighted by Crippen LogP contribution is 2.36. The van der Waals surface area contributed by atoms with Crippen LogP contribution >= 0.6 is 0 Å². The topological polar surface area (TPSA) is 84.9 Å². The Balaban J connectivity index is 1.71. The number of benzene rings is 2. The van der Waals surface area contributed by atoms with E-state index in [2.05, 4.69) is 10.1 Å². The molecule has 2 amide bonds. The summed E-state index contributed by atoms with van der Waals surface area (Å²) in [7, 11) is 0. The lowest BCUT2D eigenvalue weighted by Gasteiger charge is -2.41. The summed E-state index contributed by atoms with van der Waals surface area (Å²) in [5.74, 6) is -1.87. The first-order chi connectivity index (χ1) is 13.7. The predicted molar refractivity (Wildman–Crippen MR) is 100.0 cm³/mol. The highest BCUT2D eigenvalue weighted by atomic mass is 19.3. The van der Waals surface area contributed by atoms with Crippen molar-refractivity contribution in [3.05, 3.63) is 54.1 Å². The Kier molecular flexibility index (Phi) is 5.49. The molecular weight excluding hydrogens is 386 g/mol. The maximum Gasteiger partial charge on any atom is 0.387 e. The second-order valence-electron chi connectivity index (χ2n) is 6.74. The van der Waals surface area contributed by atoms with Crippen molar-refractivity contribution in [3.63, 3.8) is 0 Å². The zero-order chi connectivity index (χ0) is 21.2. The first kappa shape index (κ1) is 20.2. The van der Waals surface area contributed by atoms with E-state index in [0.29, 0.717) is 11.4 Å². The molecule has 1 heterocycles. The Morgan fingerprint density at radius 3 is 2.41 bits per heavy atom. The molecule has 1 aliphatic rings. The van der Waals surface area contributed by atoms with E-state index in [4.69, 9.17) is 4.74 Å². The number of esters is 1. The van der Waals surface area contributed by atoms with E-state index in [1.807, 2.05) is 0 Å². The van der Waals surface area contributed by atoms with Gasteiger partial charge >= 0.3 is 12.6 Å². The number of anilines is 2. The van der Waals surface area contributed by atoms with E-state index in [9.17, 15) is 23.2 Å². The molecule has 29 heavy (non-hydrogen) atoms. The number of para-hydroxylation sites is 2. The minimum Gasteiger partial charge on any atom is -0.452 e. The average molecular weight is 404 g/mol. The zero-order valence-electron chi connectivity index (χ0n) is 15.6. The van der Waals surface area contributed by atoms with E-state index >= 15 is 0 Å². The Labute approximate surface area is 165 Å². The van der Waals surface area contributed by atoms with Gasteiger partial charge in [-0.15, -0.1) is 0 Å². The molecule has 152 valence electrons. The molecule has 3 rings (SSSR count). The molecular formula is C20H18F2N2O5. The summed E-state index contributed by atoms with van der Waals surface area (Å²) in [4.78, 5) is 38.6. The number of ether oxygens (including phenoxy) is 2. The lowest BCUT2D eigenvalue weighted by atomic mass is 9.96. The molecule has 1 N–H and O–H groups in total. The third-order valence-corrected chi connectivity index (χ3v) is 4.40. The van der Waals surface area contributed by atoms with Gasteiger partial charge in [-0.2, -0.15) is 8.78 Å². The monoisotopic (exact) mass is 404 g/mol. The summed E-state index contributed by atoms with van der Waals surface area (Å²) in [6.45, 7) is -0.406. The summed E-state index contributed by atoms with van der Waals surface area (Å²) in [5, 5.41) is 2.74. The molecule has 2 aromatic rings. The lowest BCUT2D eigenvalue weighted by molar-refractivity contribution is -0.128. The van der Waals surface area contributed by atoms with Crippen LogP contribution in [0.2, 0.25) is 0 Å². The highest BCUT2D eigenvalue weighted by Gasteiger charge is 2.43. The molecule has 0 atom stereocenters. The van der Waals surface area contributed by atoms with Crippen LogP contribution in [0.25, 0.3) is 0 Å². The number of amides is 2. The third kappa shape index (κ3) is 4.18. The minimum absolute atomic E-state index is 0.0652. The number of hydrogen-bond acceptors (Lipinski definition) is 5. The van der Waals surface area contributed by atoms with Crippen LogP contribution in [0.4, 0.5) is 20.2 Å². The van der Waals surface area contributed by atoms with Gasteiger partial charge in [0.25, 0.3) is 5.91 Å². The van der Waals surface area contributed by atoms with E-state index < -0.39 is 30.6 Å². The number of nitrogens with zero attached hydrogens (tertiary/aromatic N) is 1. The van der Waals surface area contributed by atoms with Gasteiger partial charge in [0.1, 0.15) is 11.3 Å². The van der Waals surface area contributed by atoms with Crippen LogP contribution in [0.1, 0.15) is 24.2 Å². The quantitative estimate of drug-likeness (QED) is 0.774. The van der Waals surface area contributed by atoms with Gasteiger partial charge in [0.15, 0.2) is 6.61 Å². The van der Waals surface area contributed by atoms with E-state index in [0.717, 1.165) is 0 Å². The number of alkyl halides is 2. The number of fused-ring (bicyclic) bond motifs is 1. The molecule has 0 spiro atoms. The number of carbonyl (C=O) groups is 3. The van der Waals surface area contributed by atoms with Crippen LogP contribution in [-0.2, 0) is 14.3 Å². The van der Waals surface area contributed by atoms with E-state index in [-0.39, 0.29) is 17.2 Å². The second kappa shape index (κ2) is 7.86. The Bertz CT molecular complexity index is 944. The zero-order valence-corrected chi connectivity index (χ0v) is 15.6. The van der Waals surface area contributed by atoms with Crippen molar-refractivity contribution in [1.29, 1.82) is 0 Å². The van der Waals surface area contributed by atoms with Crippen molar-refractivity contribution in [3.8, 4) is 5.75 Å². The lowest BCUT2D eigenvalue weighted by Crippen LogP contribution is -2.59. The molecule has 1 aliphatic heterocycles. The van der Waals surface area contributed by atoms with Crippen LogP contribution in [0.5, 0.6) is 5.75 Å². The predicted octanol–water partition coefficient (Wildman–Crippen LogP) is 3.21. The van der Waals surface area contributed by atoms with Gasteiger partial charge in [-0.05, 0) is 50.2 Å². The van der Waals surface area contributed by atoms with Crippen LogP contribution in [0.3, 0.4) is 0 Å². The molecule has 9 heteroatoms. The van der Waals surface area contributed by atoms with Gasteiger partial charge in [0, 0.05) is 0 Å². The van der Waals surface area contributed by atoms with Gasteiger partial charge in [0.2, 0.25) is 5.91 Å². The van der Waals surface area contributed by atoms with Crippen LogP contribution in [0.15, 0.2) is 48.5 Å². The largest absolute Gasteiger partial charge is 0.452 e. The fourth-order valence-corrected chi connectivity index (χ4v) is 2.95. The first-order valence-corrected chi connectivity index (χ1v) is 8.65. The summed E-state index contributed by atoms with van der Waals surface area (Å²) < 4.78 is 33.6. The van der Waals surface area contributed by atoms with E-state index in [1.165, 1.54) is 29.2 Å². The smallest absolute Gasteiger partial charge is 0.387 e. The molecule has 0 saturated carbocycles. The SMILES string of the molecule is CC1(C)C(=O)Nc2ccccc2N1C(=O)COC(=O)c1ccc(OC(F)F)cc1. The molecule has 0 radical (unpaired) electrons. The average Bonchev–Trinajstić information content (AvgIpc) is 2.67. The number of hydrogen-bond donors (Lipinski definition) is 1. The summed E-state index contributed by atoms with van der Waals surface area (Å²) in [6.07, 6.45) is 0. The molecule has 7 nitrogen and oxygen atoms in total. The summed E-state index contributed by atoms with van der Waals surface area (Å²) in [5.41, 5.74) is -0.153. The standard InChI is InChI=1S/C20H18F2N2O5/c1-20(2)18(27)23-14-5-3-4-6-15(14)24(20)16(25)11-28-17(26)12-7-9-13(10-8-12)29-19(21)22/h3-10,19H,11H2,1-2H3,(H,23,27). The van der Waals surface area contributed by atoms with Crippen molar-refractivity contribution < 1.29 is 32.6 Å². The number of nitrogens with one attached hydrogen (secondary N) is 1. The Hall–Kier alpha value is -3.49. The molecule has 0 bridgehead atoms. The molecule has 0 saturated heterocycles. The summed E-state index contributed by atoms with van der Waals surface area (Å²) in [6, 6.07) is 11.7. The number of halogens is 2. The van der Waals surface area contributed by atoms with Crippen molar-refractivity contribution in [2.24, 2.45) is 0 Å². The normalized spacial score (nSPS) is 14.8. The maximum atomic E-state index is 12.8. The van der Waals surface area contributed by atoms with Gasteiger partial charge in [-0.25, -0.2) is 4.79 Å². The fraction of sp³-hybridized carbons (Fsp3) is 0.250. The van der Waals surface area contributed by atoms with Crippen molar-refractivity contribution in [2.45, 2.75) is 26.0 Å². The van der Waals surface area contributed by atoms with Crippen LogP contribution in [-0.4, -0.2) is 36.5 Å². The number of rotatable bonds is 5. The van der Waals surface area contributed by atoms with E-state index in [1.54, 1.807) is 38.1 Å². The molecule has 0 aliphatic carbocycles. The Morgan fingerprint density at radius 2 is 1.76 bits per heavy atom. The molecule has 0 aromatic heterocycles. The van der Waals surface area contributed by atoms with Crippen molar-refractivity contribution >= 4 is 29.2 Å². The second-order valence-corrected chi connectivity index (χ2v) is 6.74. The van der Waals surface area contributed by atoms with Gasteiger partial charge < -0.3 is 14.8 Å². The third-order valence-electron chi connectivity index (χ3n) is 4.40. The molecule has 2 aromatic carbocycles. The van der Waals surface area contributed by atoms with Crippen LogP contribution in [0, 0.1) is 0 Å². The fourth-order valence-electron chi connectivity index (χ4n) is 2.95. The van der Waals surface area contributed by atoms with Crippen LogP contribution < -0.4 is 15.0 Å². The van der Waals surface area contributed by atoms with Gasteiger partial charge in [-0.3, -0.25) is 14.5 Å².